The Kier molecular flexibility index (Phi) is 8.28. The van der Waals surface area contributed by atoms with Gasteiger partial charge in [-0.25, -0.2) is 16.8 Å². The van der Waals surface area contributed by atoms with Crippen molar-refractivity contribution in [3.8, 4) is 0 Å². The summed E-state index contributed by atoms with van der Waals surface area (Å²) in [6.45, 7) is -2.32. The molecule has 0 aliphatic carbocycles. The van der Waals surface area contributed by atoms with Crippen molar-refractivity contribution in [2.45, 2.75) is 35.7 Å². The van der Waals surface area contributed by atoms with Gasteiger partial charge in [-0.05, 0) is 49.2 Å². The molecule has 0 heterocycles. The number of nitrogens with two attached hydrogens (primary N) is 1. The zero-order chi connectivity index (χ0) is 28.4. The number of aryl methyl sites for hydroxylation is 2. The third kappa shape index (κ3) is 5.63. The molecule has 3 atom stereocenters. The van der Waals surface area contributed by atoms with E-state index in [1.807, 2.05) is 0 Å². The number of hydrogen-bond acceptors (Lipinski definition) is 6. The highest BCUT2D eigenvalue weighted by Crippen LogP contribution is 2.62. The highest BCUT2D eigenvalue weighted by molar-refractivity contribution is 8.51. The van der Waals surface area contributed by atoms with Crippen molar-refractivity contribution < 1.29 is 26.3 Å². The van der Waals surface area contributed by atoms with Crippen LogP contribution in [0.1, 0.15) is 34.3 Å². The Morgan fingerprint density at radius 1 is 0.667 bits per heavy atom. The van der Waals surface area contributed by atoms with Gasteiger partial charge in [-0.2, -0.15) is 0 Å². The van der Waals surface area contributed by atoms with Gasteiger partial charge in [0.25, 0.3) is 19.5 Å². The average Bonchev–Trinajstić information content (AvgIpc) is 2.92. The average molecular weight is 585 g/mol. The van der Waals surface area contributed by atoms with Crippen molar-refractivity contribution in [2.24, 2.45) is 5.73 Å². The van der Waals surface area contributed by atoms with E-state index in [0.29, 0.717) is 5.56 Å². The minimum Gasteiger partial charge on any atom is -0.322 e. The van der Waals surface area contributed by atoms with Gasteiger partial charge in [0.1, 0.15) is 0 Å². The van der Waals surface area contributed by atoms with Crippen molar-refractivity contribution in [2.75, 3.05) is 0 Å². The predicted octanol–water partition coefficient (Wildman–Crippen LogP) is 5.31. The second kappa shape index (κ2) is 11.2. The molecule has 0 spiro atoms. The molecule has 39 heavy (non-hydrogen) atoms. The van der Waals surface area contributed by atoms with E-state index in [9.17, 15) is 26.3 Å². The minimum absolute atomic E-state index is 0.201. The van der Waals surface area contributed by atoms with Gasteiger partial charge in [-0.1, -0.05) is 96.1 Å². The third-order valence-corrected chi connectivity index (χ3v) is 14.8. The van der Waals surface area contributed by atoms with Gasteiger partial charge in [0.05, 0.1) is 21.9 Å². The number of hydrogen-bond donors (Lipinski definition) is 2. The number of nitrogens with zero attached hydrogens (tertiary/aromatic N) is 1. The first-order valence-electron chi connectivity index (χ1n) is 12.0. The summed E-state index contributed by atoms with van der Waals surface area (Å²) in [4.78, 5) is 10.7. The first kappa shape index (κ1) is 28.9. The van der Waals surface area contributed by atoms with Crippen LogP contribution in [-0.2, 0) is 24.0 Å². The Morgan fingerprint density at radius 2 is 1.08 bits per heavy atom. The lowest BCUT2D eigenvalue weighted by Crippen LogP contribution is -2.39. The van der Waals surface area contributed by atoms with Gasteiger partial charge in [-0.15, -0.1) is 4.08 Å². The highest BCUT2D eigenvalue weighted by Gasteiger charge is 2.55. The lowest BCUT2D eigenvalue weighted by atomic mass is 9.95. The van der Waals surface area contributed by atoms with Crippen molar-refractivity contribution in [3.63, 3.8) is 0 Å². The molecule has 8 nitrogen and oxygen atoms in total. The molecule has 0 radical (unpaired) electrons. The monoisotopic (exact) mass is 584 g/mol. The Hall–Kier alpha value is -3.11. The number of benzene rings is 4. The van der Waals surface area contributed by atoms with E-state index >= 15 is 0 Å². The molecule has 204 valence electrons. The lowest BCUT2D eigenvalue weighted by molar-refractivity contribution is 0.347. The van der Waals surface area contributed by atoms with Crippen molar-refractivity contribution in [1.82, 2.24) is 4.08 Å². The molecule has 0 amide bonds. The molecule has 11 heteroatoms. The first-order chi connectivity index (χ1) is 18.4. The predicted molar refractivity (Wildman–Crippen MR) is 151 cm³/mol. The fourth-order valence-corrected chi connectivity index (χ4v) is 12.1. The molecule has 0 aromatic heterocycles. The zero-order valence-electron chi connectivity index (χ0n) is 21.3. The minimum atomic E-state index is -5.80. The molecule has 0 fully saturated rings. The van der Waals surface area contributed by atoms with Crippen LogP contribution in [-0.4, -0.2) is 25.8 Å². The number of sulfonamides is 1. The SMILES string of the molecule is Cc1ccc(S(=O)(=O)N(C(c2ccccc2)C(N)c2ccccc2)P(=O)(O)S(=O)(=O)c2ccc(C)cc2)cc1. The molecule has 0 bridgehead atoms. The smallest absolute Gasteiger partial charge is 0.322 e. The molecule has 0 saturated heterocycles. The van der Waals surface area contributed by atoms with E-state index < -0.39 is 43.2 Å². The molecule has 0 aliphatic heterocycles. The van der Waals surface area contributed by atoms with Crippen LogP contribution in [0.5, 0.6) is 0 Å². The van der Waals surface area contributed by atoms with Gasteiger partial charge in [0.15, 0.2) is 0 Å². The summed E-state index contributed by atoms with van der Waals surface area (Å²) < 4.78 is 70.6. The van der Waals surface area contributed by atoms with Gasteiger partial charge < -0.3 is 10.6 Å². The van der Waals surface area contributed by atoms with Crippen LogP contribution in [0, 0.1) is 13.8 Å². The normalized spacial score (nSPS) is 15.4. The lowest BCUT2D eigenvalue weighted by Gasteiger charge is -2.36. The van der Waals surface area contributed by atoms with Crippen LogP contribution in [0.25, 0.3) is 0 Å². The molecule has 4 rings (SSSR count). The molecular formula is C28H29N2O6PS2. The van der Waals surface area contributed by atoms with E-state index in [2.05, 4.69) is 0 Å². The van der Waals surface area contributed by atoms with Crippen LogP contribution in [0.15, 0.2) is 119 Å². The second-order valence-corrected chi connectivity index (χ2v) is 16.9. The van der Waals surface area contributed by atoms with Gasteiger partial charge in [0, 0.05) is 0 Å². The summed E-state index contributed by atoms with van der Waals surface area (Å²) in [6, 6.07) is 24.6. The highest BCUT2D eigenvalue weighted by atomic mass is 32.8. The standard InChI is InChI=1S/C28H29N2O6PS2/c1-21-13-17-25(18-14-21)38(33,34)30(37(31,32)39(35,36)26-19-15-22(2)16-20-26)28(24-11-7-4-8-12-24)27(29)23-9-5-3-6-10-23/h3-20,27-28H,29H2,1-2H3,(H,31,32). The first-order valence-corrected chi connectivity index (χ1v) is 17.1. The topological polar surface area (TPSA) is 135 Å². The van der Waals surface area contributed by atoms with Crippen molar-refractivity contribution in [1.29, 1.82) is 0 Å². The van der Waals surface area contributed by atoms with E-state index in [0.717, 1.165) is 11.1 Å². The van der Waals surface area contributed by atoms with Crippen LogP contribution < -0.4 is 5.73 Å². The molecule has 4 aromatic rings. The fraction of sp³-hybridized carbons (Fsp3) is 0.143. The fourth-order valence-electron chi connectivity index (χ4n) is 4.19. The van der Waals surface area contributed by atoms with Gasteiger partial charge in [0.2, 0.25) is 0 Å². The summed E-state index contributed by atoms with van der Waals surface area (Å²) in [7, 11) is -10.0. The molecule has 0 aliphatic rings. The molecule has 0 saturated carbocycles. The maximum atomic E-state index is 14.3. The van der Waals surface area contributed by atoms with Gasteiger partial charge >= 0.3 is 6.72 Å². The second-order valence-electron chi connectivity index (χ2n) is 9.16. The molecule has 4 aromatic carbocycles. The quantitative estimate of drug-likeness (QED) is 0.255. The van der Waals surface area contributed by atoms with Crippen LogP contribution in [0.4, 0.5) is 0 Å². The Labute approximate surface area is 229 Å². The summed E-state index contributed by atoms with van der Waals surface area (Å²) in [6.07, 6.45) is 0. The summed E-state index contributed by atoms with van der Waals surface area (Å²) in [5, 5.41) is 0. The Morgan fingerprint density at radius 3 is 1.54 bits per heavy atom. The van der Waals surface area contributed by atoms with Crippen molar-refractivity contribution in [3.05, 3.63) is 131 Å². The maximum Gasteiger partial charge on any atom is 0.401 e. The van der Waals surface area contributed by atoms with E-state index in [4.69, 9.17) is 5.73 Å². The summed E-state index contributed by atoms with van der Waals surface area (Å²) in [5.74, 6) is 0. The largest absolute Gasteiger partial charge is 0.401 e. The van der Waals surface area contributed by atoms with Crippen LogP contribution >= 0.6 is 6.72 Å². The molecular weight excluding hydrogens is 555 g/mol. The number of rotatable bonds is 9. The Balaban J connectivity index is 2.04. The van der Waals surface area contributed by atoms with Crippen LogP contribution in [0.3, 0.4) is 0 Å². The van der Waals surface area contributed by atoms with Gasteiger partial charge in [-0.3, -0.25) is 4.57 Å². The third-order valence-electron chi connectivity index (χ3n) is 6.35. The maximum absolute atomic E-state index is 14.3. The van der Waals surface area contributed by atoms with E-state index in [1.54, 1.807) is 74.5 Å². The van der Waals surface area contributed by atoms with Crippen LogP contribution in [0.2, 0.25) is 0 Å². The zero-order valence-corrected chi connectivity index (χ0v) is 23.9. The summed E-state index contributed by atoms with van der Waals surface area (Å²) in [5.41, 5.74) is 8.80. The van der Waals surface area contributed by atoms with E-state index in [-0.39, 0.29) is 14.5 Å². The molecule has 3 unspecified atom stereocenters. The van der Waals surface area contributed by atoms with Crippen molar-refractivity contribution >= 4 is 26.2 Å². The Bertz CT molecular complexity index is 1700. The van der Waals surface area contributed by atoms with E-state index in [1.165, 1.54) is 48.5 Å². The summed E-state index contributed by atoms with van der Waals surface area (Å²) >= 11 is 0. The molecule has 3 N–H and O–H groups in total.